The first-order chi connectivity index (χ1) is 9.93. The summed E-state index contributed by atoms with van der Waals surface area (Å²) in [5.74, 6) is -0.944. The summed E-state index contributed by atoms with van der Waals surface area (Å²) in [6.45, 7) is 5.84. The van der Waals surface area contributed by atoms with Crippen LogP contribution in [0.2, 0.25) is 5.02 Å². The maximum atomic E-state index is 11.5. The molecular formula is C17H18ClNO2. The smallest absolute Gasteiger partial charge is 0.337 e. The van der Waals surface area contributed by atoms with Crippen molar-refractivity contribution in [2.24, 2.45) is 0 Å². The Bertz CT molecular complexity index is 675. The van der Waals surface area contributed by atoms with Crippen LogP contribution in [0.4, 0.5) is 11.4 Å². The number of benzene rings is 2. The van der Waals surface area contributed by atoms with Gasteiger partial charge in [0.2, 0.25) is 0 Å². The molecule has 2 N–H and O–H groups in total. The number of hydrogen-bond donors (Lipinski definition) is 2. The zero-order valence-corrected chi connectivity index (χ0v) is 13.1. The fourth-order valence-electron chi connectivity index (χ4n) is 2.32. The van der Waals surface area contributed by atoms with Crippen LogP contribution in [0.3, 0.4) is 0 Å². The molecule has 0 aliphatic heterocycles. The lowest BCUT2D eigenvalue weighted by Crippen LogP contribution is -2.07. The molecule has 0 unspecified atom stereocenters. The van der Waals surface area contributed by atoms with Crippen LogP contribution in [0.1, 0.15) is 34.0 Å². The van der Waals surface area contributed by atoms with E-state index in [-0.39, 0.29) is 5.56 Å². The summed E-state index contributed by atoms with van der Waals surface area (Å²) in [5, 5.41) is 13.2. The highest BCUT2D eigenvalue weighted by atomic mass is 35.5. The lowest BCUT2D eigenvalue weighted by Gasteiger charge is -2.17. The van der Waals surface area contributed by atoms with Gasteiger partial charge in [-0.2, -0.15) is 0 Å². The first kappa shape index (κ1) is 15.4. The van der Waals surface area contributed by atoms with Gasteiger partial charge in [0, 0.05) is 0 Å². The van der Waals surface area contributed by atoms with E-state index in [1.165, 1.54) is 0 Å². The summed E-state index contributed by atoms with van der Waals surface area (Å²) in [4.78, 5) is 11.5. The molecule has 21 heavy (non-hydrogen) atoms. The minimum atomic E-state index is -0.944. The Morgan fingerprint density at radius 1 is 1.19 bits per heavy atom. The normalized spacial score (nSPS) is 10.5. The van der Waals surface area contributed by atoms with Gasteiger partial charge in [-0.3, -0.25) is 0 Å². The highest BCUT2D eigenvalue weighted by Crippen LogP contribution is 2.32. The monoisotopic (exact) mass is 303 g/mol. The van der Waals surface area contributed by atoms with Crippen molar-refractivity contribution in [2.45, 2.75) is 27.2 Å². The fraction of sp³-hybridized carbons (Fsp3) is 0.235. The number of halogens is 1. The molecule has 2 aromatic carbocycles. The average Bonchev–Trinajstić information content (AvgIpc) is 2.43. The lowest BCUT2D eigenvalue weighted by molar-refractivity contribution is 0.0698. The Morgan fingerprint density at radius 3 is 2.48 bits per heavy atom. The average molecular weight is 304 g/mol. The molecule has 0 atom stereocenters. The van der Waals surface area contributed by atoms with Gasteiger partial charge in [0.25, 0.3) is 0 Å². The molecule has 0 fully saturated rings. The van der Waals surface area contributed by atoms with Crippen molar-refractivity contribution in [2.75, 3.05) is 5.32 Å². The summed E-state index contributed by atoms with van der Waals surface area (Å²) in [7, 11) is 0. The standard InChI is InChI=1S/C17H18ClNO2/c1-4-12-8-11(3)15(13(9-12)17(20)21)19-16-10(2)6-5-7-14(16)18/h5-9,19H,4H2,1-3H3,(H,20,21). The molecule has 4 heteroatoms. The van der Waals surface area contributed by atoms with E-state index in [9.17, 15) is 9.90 Å². The first-order valence-electron chi connectivity index (χ1n) is 6.83. The molecule has 0 spiro atoms. The molecule has 0 aliphatic rings. The molecular weight excluding hydrogens is 286 g/mol. The van der Waals surface area contributed by atoms with Crippen LogP contribution in [0.5, 0.6) is 0 Å². The van der Waals surface area contributed by atoms with Crippen LogP contribution in [-0.2, 0) is 6.42 Å². The quantitative estimate of drug-likeness (QED) is 0.839. The molecule has 0 saturated heterocycles. The summed E-state index contributed by atoms with van der Waals surface area (Å²) >= 11 is 6.21. The Balaban J connectivity index is 2.56. The second kappa shape index (κ2) is 6.19. The first-order valence-corrected chi connectivity index (χ1v) is 7.20. The summed E-state index contributed by atoms with van der Waals surface area (Å²) < 4.78 is 0. The molecule has 0 radical (unpaired) electrons. The zero-order valence-electron chi connectivity index (χ0n) is 12.3. The molecule has 0 aromatic heterocycles. The van der Waals surface area contributed by atoms with Crippen molar-refractivity contribution in [3.63, 3.8) is 0 Å². The highest BCUT2D eigenvalue weighted by molar-refractivity contribution is 6.33. The molecule has 0 saturated carbocycles. The number of aryl methyl sites for hydroxylation is 3. The van der Waals surface area contributed by atoms with Gasteiger partial charge < -0.3 is 10.4 Å². The predicted molar refractivity (Wildman–Crippen MR) is 87.0 cm³/mol. The van der Waals surface area contributed by atoms with Gasteiger partial charge in [-0.15, -0.1) is 0 Å². The van der Waals surface area contributed by atoms with E-state index in [4.69, 9.17) is 11.6 Å². The minimum Gasteiger partial charge on any atom is -0.478 e. The van der Waals surface area contributed by atoms with Crippen molar-refractivity contribution in [1.82, 2.24) is 0 Å². The van der Waals surface area contributed by atoms with Gasteiger partial charge in [0.1, 0.15) is 0 Å². The number of nitrogens with one attached hydrogen (secondary N) is 1. The minimum absolute atomic E-state index is 0.270. The Kier molecular flexibility index (Phi) is 4.53. The number of carbonyl (C=O) groups is 1. The van der Waals surface area contributed by atoms with E-state index in [1.54, 1.807) is 12.1 Å². The second-order valence-corrected chi connectivity index (χ2v) is 5.46. The van der Waals surface area contributed by atoms with Crippen LogP contribution in [0.15, 0.2) is 30.3 Å². The van der Waals surface area contributed by atoms with Crippen molar-refractivity contribution in [1.29, 1.82) is 0 Å². The van der Waals surface area contributed by atoms with Gasteiger partial charge in [-0.25, -0.2) is 4.79 Å². The van der Waals surface area contributed by atoms with Crippen molar-refractivity contribution < 1.29 is 9.90 Å². The Labute approximate surface area is 129 Å². The molecule has 3 nitrogen and oxygen atoms in total. The van der Waals surface area contributed by atoms with Crippen LogP contribution >= 0.6 is 11.6 Å². The number of aromatic carboxylic acids is 1. The van der Waals surface area contributed by atoms with Crippen LogP contribution in [0, 0.1) is 13.8 Å². The number of carboxylic acid groups (broad SMARTS) is 1. The summed E-state index contributed by atoms with van der Waals surface area (Å²) in [5.41, 5.74) is 4.48. The van der Waals surface area contributed by atoms with Crippen molar-refractivity contribution >= 4 is 28.9 Å². The molecule has 110 valence electrons. The topological polar surface area (TPSA) is 49.3 Å². The molecule has 0 amide bonds. The Morgan fingerprint density at radius 2 is 1.90 bits per heavy atom. The van der Waals surface area contributed by atoms with E-state index in [2.05, 4.69) is 5.32 Å². The number of anilines is 2. The van der Waals surface area contributed by atoms with Crippen LogP contribution in [-0.4, -0.2) is 11.1 Å². The summed E-state index contributed by atoms with van der Waals surface area (Å²) in [6, 6.07) is 9.30. The number of hydrogen-bond acceptors (Lipinski definition) is 2. The third-order valence-electron chi connectivity index (χ3n) is 3.51. The third kappa shape index (κ3) is 3.19. The second-order valence-electron chi connectivity index (χ2n) is 5.05. The van der Waals surface area contributed by atoms with Crippen LogP contribution in [0.25, 0.3) is 0 Å². The van der Waals surface area contributed by atoms with E-state index < -0.39 is 5.97 Å². The highest BCUT2D eigenvalue weighted by Gasteiger charge is 2.16. The molecule has 0 heterocycles. The van der Waals surface area contributed by atoms with Crippen LogP contribution < -0.4 is 5.32 Å². The number of carboxylic acids is 1. The van der Waals surface area contributed by atoms with Gasteiger partial charge in [-0.05, 0) is 49.1 Å². The van der Waals surface area contributed by atoms with E-state index >= 15 is 0 Å². The van der Waals surface area contributed by atoms with E-state index in [1.807, 2.05) is 39.0 Å². The van der Waals surface area contributed by atoms with Gasteiger partial charge in [-0.1, -0.05) is 36.7 Å². The van der Waals surface area contributed by atoms with E-state index in [0.29, 0.717) is 10.7 Å². The molecule has 0 aliphatic carbocycles. The summed E-state index contributed by atoms with van der Waals surface area (Å²) in [6.07, 6.45) is 0.798. The zero-order chi connectivity index (χ0) is 15.6. The van der Waals surface area contributed by atoms with Gasteiger partial charge in [0.05, 0.1) is 22.0 Å². The maximum Gasteiger partial charge on any atom is 0.337 e. The van der Waals surface area contributed by atoms with Gasteiger partial charge in [0.15, 0.2) is 0 Å². The molecule has 2 aromatic rings. The predicted octanol–water partition coefficient (Wildman–Crippen LogP) is 4.96. The molecule has 2 rings (SSSR count). The SMILES string of the molecule is CCc1cc(C)c(Nc2c(C)cccc2Cl)c(C(=O)O)c1. The number of para-hydroxylation sites is 1. The Hall–Kier alpha value is -2.00. The van der Waals surface area contributed by atoms with Gasteiger partial charge >= 0.3 is 5.97 Å². The van der Waals surface area contributed by atoms with Crippen molar-refractivity contribution in [3.8, 4) is 0 Å². The maximum absolute atomic E-state index is 11.5. The fourth-order valence-corrected chi connectivity index (χ4v) is 2.58. The third-order valence-corrected chi connectivity index (χ3v) is 3.82. The number of rotatable bonds is 4. The molecule has 0 bridgehead atoms. The lowest BCUT2D eigenvalue weighted by atomic mass is 10.0. The van der Waals surface area contributed by atoms with Crippen molar-refractivity contribution in [3.05, 3.63) is 57.6 Å². The van der Waals surface area contributed by atoms with E-state index in [0.717, 1.165) is 28.8 Å². The largest absolute Gasteiger partial charge is 0.478 e.